The van der Waals surface area contributed by atoms with Crippen LogP contribution in [0, 0.1) is 5.82 Å². The molecule has 0 aliphatic rings. The Morgan fingerprint density at radius 2 is 1.93 bits per heavy atom. The summed E-state index contributed by atoms with van der Waals surface area (Å²) in [7, 11) is -3.44. The summed E-state index contributed by atoms with van der Waals surface area (Å²) >= 11 is 5.64. The molecule has 0 heterocycles. The zero-order valence-electron chi connectivity index (χ0n) is 14.2. The van der Waals surface area contributed by atoms with E-state index in [4.69, 9.17) is 16.3 Å². The SMILES string of the molecule is C=CCNS(=O)(=O)Cc1ccc(NC(=O)COc2ccc(F)c(Cl)c2)cc1. The van der Waals surface area contributed by atoms with Gasteiger partial charge in [0.2, 0.25) is 10.0 Å². The number of benzene rings is 2. The number of rotatable bonds is 9. The van der Waals surface area contributed by atoms with Gasteiger partial charge in [-0.25, -0.2) is 17.5 Å². The molecule has 2 aromatic rings. The molecule has 2 rings (SSSR count). The highest BCUT2D eigenvalue weighted by molar-refractivity contribution is 7.88. The summed E-state index contributed by atoms with van der Waals surface area (Å²) in [5, 5.41) is 2.52. The summed E-state index contributed by atoms with van der Waals surface area (Å²) in [6, 6.07) is 10.2. The highest BCUT2D eigenvalue weighted by atomic mass is 35.5. The second kappa shape index (κ2) is 9.50. The number of amides is 1. The molecule has 0 aliphatic carbocycles. The Kier molecular flexibility index (Phi) is 7.35. The molecule has 2 N–H and O–H groups in total. The quantitative estimate of drug-likeness (QED) is 0.620. The van der Waals surface area contributed by atoms with Gasteiger partial charge in [-0.15, -0.1) is 6.58 Å². The summed E-state index contributed by atoms with van der Waals surface area (Å²) in [5.41, 5.74) is 1.06. The maximum absolute atomic E-state index is 13.1. The predicted octanol–water partition coefficient (Wildman–Crippen LogP) is 3.10. The molecule has 0 saturated carbocycles. The third kappa shape index (κ3) is 7.01. The number of carbonyl (C=O) groups is 1. The van der Waals surface area contributed by atoms with Crippen LogP contribution in [0.4, 0.5) is 10.1 Å². The summed E-state index contributed by atoms with van der Waals surface area (Å²) in [5.74, 6) is -0.911. The van der Waals surface area contributed by atoms with Crippen LogP contribution in [-0.4, -0.2) is 27.5 Å². The smallest absolute Gasteiger partial charge is 0.262 e. The van der Waals surface area contributed by atoms with E-state index in [2.05, 4.69) is 16.6 Å². The van der Waals surface area contributed by atoms with Gasteiger partial charge in [-0.05, 0) is 29.8 Å². The maximum atomic E-state index is 13.1. The van der Waals surface area contributed by atoms with E-state index < -0.39 is 21.7 Å². The standard InChI is InChI=1S/C18H18ClFN2O4S/c1-2-9-21-27(24,25)12-13-3-5-14(6-4-13)22-18(23)11-26-15-7-8-17(20)16(19)10-15/h2-8,10,21H,1,9,11-12H2,(H,22,23). The lowest BCUT2D eigenvalue weighted by Crippen LogP contribution is -2.25. The Balaban J connectivity index is 1.87. The first-order valence-electron chi connectivity index (χ1n) is 7.84. The summed E-state index contributed by atoms with van der Waals surface area (Å²) in [6.45, 7) is 3.33. The number of hydrogen-bond acceptors (Lipinski definition) is 4. The fourth-order valence-corrected chi connectivity index (χ4v) is 3.33. The lowest BCUT2D eigenvalue weighted by atomic mass is 10.2. The van der Waals surface area contributed by atoms with Crippen molar-refractivity contribution in [2.75, 3.05) is 18.5 Å². The van der Waals surface area contributed by atoms with E-state index in [0.29, 0.717) is 11.3 Å². The van der Waals surface area contributed by atoms with Gasteiger partial charge in [0.1, 0.15) is 11.6 Å². The summed E-state index contributed by atoms with van der Waals surface area (Å²) < 4.78 is 44.3. The van der Waals surface area contributed by atoms with E-state index in [1.165, 1.54) is 18.2 Å². The number of hydrogen-bond donors (Lipinski definition) is 2. The number of sulfonamides is 1. The van der Waals surface area contributed by atoms with Crippen molar-refractivity contribution in [2.45, 2.75) is 5.75 Å². The van der Waals surface area contributed by atoms with E-state index in [-0.39, 0.29) is 29.7 Å². The Morgan fingerprint density at radius 1 is 1.22 bits per heavy atom. The lowest BCUT2D eigenvalue weighted by molar-refractivity contribution is -0.118. The van der Waals surface area contributed by atoms with Crippen molar-refractivity contribution in [3.63, 3.8) is 0 Å². The minimum absolute atomic E-state index is 0.0963. The molecule has 0 saturated heterocycles. The van der Waals surface area contributed by atoms with E-state index in [9.17, 15) is 17.6 Å². The first kappa shape index (κ1) is 20.9. The van der Waals surface area contributed by atoms with Crippen LogP contribution in [0.25, 0.3) is 0 Å². The highest BCUT2D eigenvalue weighted by Gasteiger charge is 2.11. The van der Waals surface area contributed by atoms with Gasteiger partial charge < -0.3 is 10.1 Å². The number of ether oxygens (including phenoxy) is 1. The normalized spacial score (nSPS) is 11.0. The first-order chi connectivity index (χ1) is 12.8. The van der Waals surface area contributed by atoms with Gasteiger partial charge in [0.15, 0.2) is 6.61 Å². The molecule has 0 atom stereocenters. The van der Waals surface area contributed by atoms with Crippen LogP contribution in [0.1, 0.15) is 5.56 Å². The summed E-state index contributed by atoms with van der Waals surface area (Å²) in [6.07, 6.45) is 1.46. The number of halogens is 2. The van der Waals surface area contributed by atoms with Gasteiger partial charge in [0.25, 0.3) is 5.91 Å². The molecular weight excluding hydrogens is 395 g/mol. The van der Waals surface area contributed by atoms with Gasteiger partial charge in [-0.3, -0.25) is 4.79 Å². The zero-order valence-corrected chi connectivity index (χ0v) is 15.8. The van der Waals surface area contributed by atoms with Crippen molar-refractivity contribution in [1.82, 2.24) is 4.72 Å². The Bertz CT molecular complexity index is 917. The van der Waals surface area contributed by atoms with Crippen molar-refractivity contribution in [2.24, 2.45) is 0 Å². The van der Waals surface area contributed by atoms with Gasteiger partial charge in [0.05, 0.1) is 10.8 Å². The van der Waals surface area contributed by atoms with Crippen LogP contribution in [0.15, 0.2) is 55.1 Å². The average molecular weight is 413 g/mol. The van der Waals surface area contributed by atoms with Crippen LogP contribution < -0.4 is 14.8 Å². The fourth-order valence-electron chi connectivity index (χ4n) is 2.05. The monoisotopic (exact) mass is 412 g/mol. The third-order valence-electron chi connectivity index (χ3n) is 3.30. The van der Waals surface area contributed by atoms with Crippen molar-refractivity contribution in [3.05, 3.63) is 71.5 Å². The van der Waals surface area contributed by atoms with E-state index >= 15 is 0 Å². The Hall–Kier alpha value is -2.42. The van der Waals surface area contributed by atoms with Crippen molar-refractivity contribution < 1.29 is 22.3 Å². The third-order valence-corrected chi connectivity index (χ3v) is 4.91. The molecule has 0 spiro atoms. The van der Waals surface area contributed by atoms with Crippen LogP contribution >= 0.6 is 11.6 Å². The maximum Gasteiger partial charge on any atom is 0.262 e. The van der Waals surface area contributed by atoms with Gasteiger partial charge >= 0.3 is 0 Å². The van der Waals surface area contributed by atoms with Crippen molar-refractivity contribution in [3.8, 4) is 5.75 Å². The van der Waals surface area contributed by atoms with Gasteiger partial charge in [0, 0.05) is 18.3 Å². The molecule has 27 heavy (non-hydrogen) atoms. The van der Waals surface area contributed by atoms with Crippen LogP contribution in [0.3, 0.4) is 0 Å². The molecule has 6 nitrogen and oxygen atoms in total. The molecular formula is C18H18ClFN2O4S. The van der Waals surface area contributed by atoms with E-state index in [0.717, 1.165) is 6.07 Å². The summed E-state index contributed by atoms with van der Waals surface area (Å²) in [4.78, 5) is 11.9. The van der Waals surface area contributed by atoms with E-state index in [1.54, 1.807) is 24.3 Å². The largest absolute Gasteiger partial charge is 0.484 e. The second-order valence-electron chi connectivity index (χ2n) is 5.51. The minimum atomic E-state index is -3.44. The molecule has 1 amide bonds. The van der Waals surface area contributed by atoms with Crippen LogP contribution in [0.5, 0.6) is 5.75 Å². The van der Waals surface area contributed by atoms with Crippen LogP contribution in [0.2, 0.25) is 5.02 Å². The molecule has 9 heteroatoms. The topological polar surface area (TPSA) is 84.5 Å². The predicted molar refractivity (Wildman–Crippen MR) is 103 cm³/mol. The molecule has 2 aromatic carbocycles. The fraction of sp³-hybridized carbons (Fsp3) is 0.167. The molecule has 0 unspecified atom stereocenters. The molecule has 0 fully saturated rings. The minimum Gasteiger partial charge on any atom is -0.484 e. The highest BCUT2D eigenvalue weighted by Crippen LogP contribution is 2.21. The van der Waals surface area contributed by atoms with Crippen LogP contribution in [-0.2, 0) is 20.6 Å². The Labute approximate surface area is 162 Å². The second-order valence-corrected chi connectivity index (χ2v) is 7.72. The number of nitrogens with one attached hydrogen (secondary N) is 2. The lowest BCUT2D eigenvalue weighted by Gasteiger charge is -2.09. The molecule has 0 radical (unpaired) electrons. The van der Waals surface area contributed by atoms with Gasteiger partial charge in [-0.1, -0.05) is 29.8 Å². The molecule has 0 bridgehead atoms. The van der Waals surface area contributed by atoms with Crippen molar-refractivity contribution >= 4 is 33.2 Å². The zero-order chi connectivity index (χ0) is 19.9. The van der Waals surface area contributed by atoms with Gasteiger partial charge in [-0.2, -0.15) is 0 Å². The molecule has 144 valence electrons. The number of anilines is 1. The molecule has 0 aromatic heterocycles. The van der Waals surface area contributed by atoms with Crippen molar-refractivity contribution in [1.29, 1.82) is 0 Å². The average Bonchev–Trinajstić information content (AvgIpc) is 2.62. The van der Waals surface area contributed by atoms with E-state index in [1.807, 2.05) is 0 Å². The first-order valence-corrected chi connectivity index (χ1v) is 9.87. The number of carbonyl (C=O) groups excluding carboxylic acids is 1. The Morgan fingerprint density at radius 3 is 2.56 bits per heavy atom. The molecule has 0 aliphatic heterocycles.